The number of carbonyl (C=O) groups is 2. The van der Waals surface area contributed by atoms with Crippen LogP contribution >= 0.6 is 23.2 Å². The van der Waals surface area contributed by atoms with Crippen LogP contribution in [0.25, 0.3) is 0 Å². The minimum absolute atomic E-state index is 0.00155. The highest BCUT2D eigenvalue weighted by atomic mass is 35.5. The quantitative estimate of drug-likeness (QED) is 0.287. The van der Waals surface area contributed by atoms with Gasteiger partial charge in [-0.2, -0.15) is 0 Å². The van der Waals surface area contributed by atoms with Crippen molar-refractivity contribution in [3.05, 3.63) is 88.4 Å². The van der Waals surface area contributed by atoms with Gasteiger partial charge in [0, 0.05) is 27.7 Å². The van der Waals surface area contributed by atoms with Crippen molar-refractivity contribution in [2.75, 3.05) is 17.5 Å². The summed E-state index contributed by atoms with van der Waals surface area (Å²) in [4.78, 5) is 28.7. The van der Waals surface area contributed by atoms with Crippen LogP contribution in [0.15, 0.2) is 77.7 Å². The van der Waals surface area contributed by atoms with Gasteiger partial charge in [0.1, 0.15) is 18.3 Å². The third-order valence-corrected chi connectivity index (χ3v) is 8.58. The zero-order valence-electron chi connectivity index (χ0n) is 23.7. The standard InChI is InChI=1S/C30H35Cl2N3O5S/c1-6-40-27-18-11-10-17-26(27)35(41(38,39)22-13-8-7-9-14-22)20-28(36)34(21(2)29(37)33-30(3,4)5)19-23-24(31)15-12-16-25(23)32/h7-18,21H,6,19-20H2,1-5H3,(H,33,37). The molecule has 0 aliphatic heterocycles. The van der Waals surface area contributed by atoms with Crippen molar-refractivity contribution in [3.63, 3.8) is 0 Å². The summed E-state index contributed by atoms with van der Waals surface area (Å²) in [6, 6.07) is 18.4. The molecular weight excluding hydrogens is 585 g/mol. The molecule has 0 fully saturated rings. The Kier molecular flexibility index (Phi) is 10.7. The van der Waals surface area contributed by atoms with Gasteiger partial charge >= 0.3 is 0 Å². The highest BCUT2D eigenvalue weighted by Crippen LogP contribution is 2.33. The number of carbonyl (C=O) groups excluding carboxylic acids is 2. The second kappa shape index (κ2) is 13.6. The summed E-state index contributed by atoms with van der Waals surface area (Å²) in [5.74, 6) is -0.758. The fourth-order valence-electron chi connectivity index (χ4n) is 4.08. The molecule has 1 atom stereocenters. The van der Waals surface area contributed by atoms with E-state index in [0.29, 0.717) is 21.4 Å². The molecule has 2 amide bonds. The molecule has 41 heavy (non-hydrogen) atoms. The number of anilines is 1. The Labute approximate surface area is 252 Å². The first kappa shape index (κ1) is 32.2. The number of halogens is 2. The summed E-state index contributed by atoms with van der Waals surface area (Å²) in [6.45, 7) is 8.38. The molecule has 0 aliphatic carbocycles. The molecule has 0 heterocycles. The topological polar surface area (TPSA) is 96.0 Å². The number of hydrogen-bond donors (Lipinski definition) is 1. The van der Waals surface area contributed by atoms with Crippen LogP contribution in [0.2, 0.25) is 10.0 Å². The minimum Gasteiger partial charge on any atom is -0.492 e. The number of rotatable bonds is 11. The Bertz CT molecular complexity index is 1460. The van der Waals surface area contributed by atoms with Gasteiger partial charge in [-0.3, -0.25) is 13.9 Å². The first-order valence-electron chi connectivity index (χ1n) is 13.1. The zero-order valence-corrected chi connectivity index (χ0v) is 26.1. The van der Waals surface area contributed by atoms with E-state index in [1.165, 1.54) is 17.0 Å². The maximum atomic E-state index is 14.1. The van der Waals surface area contributed by atoms with E-state index in [9.17, 15) is 18.0 Å². The smallest absolute Gasteiger partial charge is 0.264 e. The van der Waals surface area contributed by atoms with E-state index < -0.39 is 40.0 Å². The van der Waals surface area contributed by atoms with Crippen molar-refractivity contribution < 1.29 is 22.7 Å². The molecule has 0 radical (unpaired) electrons. The Morgan fingerprint density at radius 3 is 2.10 bits per heavy atom. The van der Waals surface area contributed by atoms with Crippen LogP contribution in [0.1, 0.15) is 40.2 Å². The van der Waals surface area contributed by atoms with Crippen LogP contribution < -0.4 is 14.4 Å². The summed E-state index contributed by atoms with van der Waals surface area (Å²) in [7, 11) is -4.23. The molecule has 0 aliphatic rings. The molecule has 3 aromatic carbocycles. The van der Waals surface area contributed by atoms with E-state index in [-0.39, 0.29) is 23.7 Å². The summed E-state index contributed by atoms with van der Waals surface area (Å²) in [5.41, 5.74) is 0.0575. The second-order valence-electron chi connectivity index (χ2n) is 10.4. The lowest BCUT2D eigenvalue weighted by Gasteiger charge is -2.34. The molecule has 0 aromatic heterocycles. The van der Waals surface area contributed by atoms with Crippen LogP contribution in [0, 0.1) is 0 Å². The average molecular weight is 621 g/mol. The van der Waals surface area contributed by atoms with Crippen molar-refractivity contribution in [3.8, 4) is 5.75 Å². The molecule has 3 aromatic rings. The molecule has 1 N–H and O–H groups in total. The number of amides is 2. The lowest BCUT2D eigenvalue weighted by atomic mass is 10.1. The molecule has 8 nitrogen and oxygen atoms in total. The number of nitrogens with zero attached hydrogens (tertiary/aromatic N) is 2. The monoisotopic (exact) mass is 619 g/mol. The van der Waals surface area contributed by atoms with E-state index in [0.717, 1.165) is 4.31 Å². The second-order valence-corrected chi connectivity index (χ2v) is 13.0. The first-order chi connectivity index (χ1) is 19.3. The molecule has 0 spiro atoms. The molecule has 3 rings (SSSR count). The number of hydrogen-bond acceptors (Lipinski definition) is 5. The fraction of sp³-hybridized carbons (Fsp3) is 0.333. The Hall–Kier alpha value is -3.27. The van der Waals surface area contributed by atoms with Crippen molar-refractivity contribution >= 4 is 50.7 Å². The van der Waals surface area contributed by atoms with Gasteiger partial charge < -0.3 is 15.0 Å². The van der Waals surface area contributed by atoms with Crippen LogP contribution in [-0.4, -0.2) is 49.9 Å². The third kappa shape index (κ3) is 8.15. The van der Waals surface area contributed by atoms with Crippen molar-refractivity contribution in [1.82, 2.24) is 10.2 Å². The Morgan fingerprint density at radius 2 is 1.51 bits per heavy atom. The lowest BCUT2D eigenvalue weighted by molar-refractivity contribution is -0.140. The van der Waals surface area contributed by atoms with E-state index in [2.05, 4.69) is 5.32 Å². The van der Waals surface area contributed by atoms with Gasteiger partial charge in [0.25, 0.3) is 10.0 Å². The summed E-state index contributed by atoms with van der Waals surface area (Å²) in [6.07, 6.45) is 0. The van der Waals surface area contributed by atoms with Crippen LogP contribution in [0.5, 0.6) is 5.75 Å². The molecule has 0 saturated carbocycles. The molecule has 0 bridgehead atoms. The highest BCUT2D eigenvalue weighted by Gasteiger charge is 2.35. The van der Waals surface area contributed by atoms with Gasteiger partial charge in [-0.15, -0.1) is 0 Å². The van der Waals surface area contributed by atoms with Gasteiger partial charge in [0.05, 0.1) is 17.2 Å². The number of para-hydroxylation sites is 2. The van der Waals surface area contributed by atoms with Gasteiger partial charge in [-0.25, -0.2) is 8.42 Å². The predicted octanol–water partition coefficient (Wildman–Crippen LogP) is 5.92. The molecular formula is C30H35Cl2N3O5S. The van der Waals surface area contributed by atoms with Crippen LogP contribution in [-0.2, 0) is 26.2 Å². The maximum Gasteiger partial charge on any atom is 0.264 e. The normalized spacial score (nSPS) is 12.4. The van der Waals surface area contributed by atoms with E-state index in [1.807, 2.05) is 20.8 Å². The average Bonchev–Trinajstić information content (AvgIpc) is 2.91. The van der Waals surface area contributed by atoms with Crippen molar-refractivity contribution in [2.24, 2.45) is 0 Å². The number of nitrogens with one attached hydrogen (secondary N) is 1. The molecule has 11 heteroatoms. The number of ether oxygens (including phenoxy) is 1. The Morgan fingerprint density at radius 1 is 0.927 bits per heavy atom. The van der Waals surface area contributed by atoms with Crippen LogP contribution in [0.4, 0.5) is 5.69 Å². The third-order valence-electron chi connectivity index (χ3n) is 6.10. The number of benzene rings is 3. The van der Waals surface area contributed by atoms with E-state index >= 15 is 0 Å². The molecule has 1 unspecified atom stereocenters. The van der Waals surface area contributed by atoms with Gasteiger partial charge in [0.2, 0.25) is 11.8 Å². The predicted molar refractivity (Wildman–Crippen MR) is 163 cm³/mol. The maximum absolute atomic E-state index is 14.1. The van der Waals surface area contributed by atoms with Crippen molar-refractivity contribution in [2.45, 2.75) is 57.6 Å². The summed E-state index contributed by atoms with van der Waals surface area (Å²) in [5, 5.41) is 3.51. The fourth-order valence-corrected chi connectivity index (χ4v) is 6.05. The zero-order chi connectivity index (χ0) is 30.4. The first-order valence-corrected chi connectivity index (χ1v) is 15.3. The number of sulfonamides is 1. The highest BCUT2D eigenvalue weighted by molar-refractivity contribution is 7.92. The molecule has 0 saturated heterocycles. The minimum atomic E-state index is -4.23. The largest absolute Gasteiger partial charge is 0.492 e. The van der Waals surface area contributed by atoms with Gasteiger partial charge in [-0.05, 0) is 71.0 Å². The molecule has 220 valence electrons. The SMILES string of the molecule is CCOc1ccccc1N(CC(=O)N(Cc1c(Cl)cccc1Cl)C(C)C(=O)NC(C)(C)C)S(=O)(=O)c1ccccc1. The van der Waals surface area contributed by atoms with Crippen molar-refractivity contribution in [1.29, 1.82) is 0 Å². The van der Waals surface area contributed by atoms with Gasteiger partial charge in [0.15, 0.2) is 0 Å². The van der Waals surface area contributed by atoms with E-state index in [1.54, 1.807) is 74.5 Å². The Balaban J connectivity index is 2.12. The summed E-state index contributed by atoms with van der Waals surface area (Å²) < 4.78 is 34.7. The summed E-state index contributed by atoms with van der Waals surface area (Å²) >= 11 is 12.9. The van der Waals surface area contributed by atoms with Gasteiger partial charge in [-0.1, -0.05) is 59.6 Å². The van der Waals surface area contributed by atoms with E-state index in [4.69, 9.17) is 27.9 Å². The lowest BCUT2D eigenvalue weighted by Crippen LogP contribution is -2.54. The van der Waals surface area contributed by atoms with Crippen LogP contribution in [0.3, 0.4) is 0 Å².